The van der Waals surface area contributed by atoms with E-state index >= 15 is 0 Å². The summed E-state index contributed by atoms with van der Waals surface area (Å²) in [4.78, 5) is 10.5. The average molecular weight is 276 g/mol. The lowest BCUT2D eigenvalue weighted by Crippen LogP contribution is -2.25. The Kier molecular flexibility index (Phi) is 4.53. The van der Waals surface area contributed by atoms with Crippen molar-refractivity contribution in [3.8, 4) is 11.8 Å². The van der Waals surface area contributed by atoms with Crippen molar-refractivity contribution in [2.75, 3.05) is 6.61 Å². The SMILES string of the molecule is N#Cc1ccc(OC2CCC(CO)CC2)c([N+](=O)[O-])c1. The van der Waals surface area contributed by atoms with Crippen LogP contribution < -0.4 is 4.74 Å². The van der Waals surface area contributed by atoms with Gasteiger partial charge in [-0.3, -0.25) is 10.1 Å². The van der Waals surface area contributed by atoms with Crippen LogP contribution >= 0.6 is 0 Å². The zero-order chi connectivity index (χ0) is 14.5. The number of ether oxygens (including phenoxy) is 1. The van der Waals surface area contributed by atoms with Gasteiger partial charge in [-0.2, -0.15) is 5.26 Å². The molecule has 1 aromatic carbocycles. The zero-order valence-electron chi connectivity index (χ0n) is 11.0. The summed E-state index contributed by atoms with van der Waals surface area (Å²) in [6.07, 6.45) is 3.23. The van der Waals surface area contributed by atoms with Crippen LogP contribution in [0.2, 0.25) is 0 Å². The Balaban J connectivity index is 2.10. The Hall–Kier alpha value is -2.13. The molecule has 0 aliphatic heterocycles. The molecule has 0 radical (unpaired) electrons. The molecule has 0 amide bonds. The highest BCUT2D eigenvalue weighted by Crippen LogP contribution is 2.32. The first-order chi connectivity index (χ1) is 9.63. The number of nitro groups is 1. The van der Waals surface area contributed by atoms with Crippen molar-refractivity contribution in [2.24, 2.45) is 5.92 Å². The first kappa shape index (κ1) is 14.3. The van der Waals surface area contributed by atoms with E-state index in [4.69, 9.17) is 15.1 Å². The predicted molar refractivity (Wildman–Crippen MR) is 71.3 cm³/mol. The van der Waals surface area contributed by atoms with Gasteiger partial charge in [-0.15, -0.1) is 0 Å². The van der Waals surface area contributed by atoms with Crippen LogP contribution in [0.4, 0.5) is 5.69 Å². The lowest BCUT2D eigenvalue weighted by atomic mass is 9.88. The van der Waals surface area contributed by atoms with Gasteiger partial charge in [-0.05, 0) is 43.7 Å². The van der Waals surface area contributed by atoms with Gasteiger partial charge in [0.05, 0.1) is 22.7 Å². The highest BCUT2D eigenvalue weighted by Gasteiger charge is 2.25. The summed E-state index contributed by atoms with van der Waals surface area (Å²) in [6.45, 7) is 0.184. The summed E-state index contributed by atoms with van der Waals surface area (Å²) in [7, 11) is 0. The lowest BCUT2D eigenvalue weighted by molar-refractivity contribution is -0.386. The molecule has 0 atom stereocenters. The van der Waals surface area contributed by atoms with Crippen molar-refractivity contribution in [3.63, 3.8) is 0 Å². The highest BCUT2D eigenvalue weighted by molar-refractivity contribution is 5.51. The minimum atomic E-state index is -0.532. The average Bonchev–Trinajstić information content (AvgIpc) is 2.48. The predicted octanol–water partition coefficient (Wildman–Crippen LogP) is 2.40. The fourth-order valence-corrected chi connectivity index (χ4v) is 2.44. The first-order valence-corrected chi connectivity index (χ1v) is 6.60. The van der Waals surface area contributed by atoms with Gasteiger partial charge < -0.3 is 9.84 Å². The molecule has 6 nitrogen and oxygen atoms in total. The summed E-state index contributed by atoms with van der Waals surface area (Å²) in [5, 5.41) is 28.9. The van der Waals surface area contributed by atoms with E-state index < -0.39 is 4.92 Å². The molecule has 20 heavy (non-hydrogen) atoms. The number of benzene rings is 1. The molecule has 0 bridgehead atoms. The van der Waals surface area contributed by atoms with Crippen LogP contribution in [0.5, 0.6) is 5.75 Å². The minimum absolute atomic E-state index is 0.0653. The molecule has 0 heterocycles. The molecule has 1 aliphatic carbocycles. The monoisotopic (exact) mass is 276 g/mol. The molecule has 0 saturated heterocycles. The van der Waals surface area contributed by atoms with Crippen molar-refractivity contribution in [1.29, 1.82) is 5.26 Å². The van der Waals surface area contributed by atoms with Crippen molar-refractivity contribution >= 4 is 5.69 Å². The molecule has 6 heteroatoms. The Morgan fingerprint density at radius 2 is 2.10 bits per heavy atom. The Labute approximate surface area is 116 Å². The summed E-state index contributed by atoms with van der Waals surface area (Å²) < 4.78 is 5.71. The second-order valence-electron chi connectivity index (χ2n) is 4.99. The van der Waals surface area contributed by atoms with Gasteiger partial charge >= 0.3 is 5.69 Å². The Bertz CT molecular complexity index is 530. The topological polar surface area (TPSA) is 96.4 Å². The van der Waals surface area contributed by atoms with E-state index in [1.807, 2.05) is 6.07 Å². The molecule has 1 N–H and O–H groups in total. The largest absolute Gasteiger partial charge is 0.484 e. The quantitative estimate of drug-likeness (QED) is 0.672. The third-order valence-electron chi connectivity index (χ3n) is 3.63. The normalized spacial score (nSPS) is 22.0. The molecule has 1 aromatic rings. The van der Waals surface area contributed by atoms with Crippen molar-refractivity contribution in [3.05, 3.63) is 33.9 Å². The summed E-state index contributed by atoms with van der Waals surface area (Å²) in [6, 6.07) is 6.11. The van der Waals surface area contributed by atoms with E-state index in [-0.39, 0.29) is 29.7 Å². The van der Waals surface area contributed by atoms with E-state index in [1.165, 1.54) is 18.2 Å². The second kappa shape index (κ2) is 6.35. The highest BCUT2D eigenvalue weighted by atomic mass is 16.6. The van der Waals surface area contributed by atoms with Gasteiger partial charge in [0.1, 0.15) is 0 Å². The summed E-state index contributed by atoms with van der Waals surface area (Å²) in [5.74, 6) is 0.521. The van der Waals surface area contributed by atoms with E-state index in [1.54, 1.807) is 0 Å². The molecule has 2 rings (SSSR count). The van der Waals surface area contributed by atoms with Crippen LogP contribution in [0.1, 0.15) is 31.2 Å². The van der Waals surface area contributed by atoms with E-state index in [9.17, 15) is 10.1 Å². The standard InChI is InChI=1S/C14H16N2O4/c15-8-11-3-6-14(13(7-11)16(18)19)20-12-4-1-10(9-17)2-5-12/h3,6-7,10,12,17H,1-2,4-5,9H2. The number of hydrogen-bond donors (Lipinski definition) is 1. The fraction of sp³-hybridized carbons (Fsp3) is 0.500. The molecule has 1 aliphatic rings. The second-order valence-corrected chi connectivity index (χ2v) is 4.99. The van der Waals surface area contributed by atoms with E-state index in [0.29, 0.717) is 5.92 Å². The number of aliphatic hydroxyl groups excluding tert-OH is 1. The van der Waals surface area contributed by atoms with Crippen LogP contribution in [-0.2, 0) is 0 Å². The smallest absolute Gasteiger partial charge is 0.312 e. The van der Waals surface area contributed by atoms with Gasteiger partial charge in [-0.25, -0.2) is 0 Å². The van der Waals surface area contributed by atoms with Crippen LogP contribution in [0, 0.1) is 27.4 Å². The van der Waals surface area contributed by atoms with Gasteiger partial charge in [0, 0.05) is 12.7 Å². The number of hydrogen-bond acceptors (Lipinski definition) is 5. The Morgan fingerprint density at radius 1 is 1.40 bits per heavy atom. The lowest BCUT2D eigenvalue weighted by Gasteiger charge is -2.27. The van der Waals surface area contributed by atoms with Gasteiger partial charge in [-0.1, -0.05) is 0 Å². The maximum absolute atomic E-state index is 11.0. The molecular weight excluding hydrogens is 260 g/mol. The van der Waals surface area contributed by atoms with Crippen molar-refractivity contribution < 1.29 is 14.8 Å². The number of nitriles is 1. The maximum Gasteiger partial charge on any atom is 0.312 e. The number of aliphatic hydroxyl groups is 1. The maximum atomic E-state index is 11.0. The molecule has 0 spiro atoms. The van der Waals surface area contributed by atoms with Crippen molar-refractivity contribution in [2.45, 2.75) is 31.8 Å². The van der Waals surface area contributed by atoms with Crippen LogP contribution in [0.3, 0.4) is 0 Å². The fourth-order valence-electron chi connectivity index (χ4n) is 2.44. The van der Waals surface area contributed by atoms with Gasteiger partial charge in [0.25, 0.3) is 0 Å². The van der Waals surface area contributed by atoms with Crippen LogP contribution in [0.25, 0.3) is 0 Å². The zero-order valence-corrected chi connectivity index (χ0v) is 11.0. The number of rotatable bonds is 4. The van der Waals surface area contributed by atoms with Crippen LogP contribution in [0.15, 0.2) is 18.2 Å². The summed E-state index contributed by atoms with van der Waals surface area (Å²) in [5.41, 5.74) is 0.0707. The molecule has 1 saturated carbocycles. The minimum Gasteiger partial charge on any atom is -0.484 e. The third kappa shape index (κ3) is 3.25. The molecule has 0 unspecified atom stereocenters. The van der Waals surface area contributed by atoms with E-state index in [0.717, 1.165) is 25.7 Å². The molecular formula is C14H16N2O4. The molecule has 106 valence electrons. The van der Waals surface area contributed by atoms with Crippen LogP contribution in [-0.4, -0.2) is 22.7 Å². The first-order valence-electron chi connectivity index (χ1n) is 6.60. The Morgan fingerprint density at radius 3 is 2.65 bits per heavy atom. The van der Waals surface area contributed by atoms with Crippen molar-refractivity contribution in [1.82, 2.24) is 0 Å². The van der Waals surface area contributed by atoms with E-state index in [2.05, 4.69) is 0 Å². The molecule has 1 fully saturated rings. The van der Waals surface area contributed by atoms with Gasteiger partial charge in [0.15, 0.2) is 5.75 Å². The third-order valence-corrected chi connectivity index (χ3v) is 3.63. The molecule has 0 aromatic heterocycles. The number of nitro benzene ring substituents is 1. The van der Waals surface area contributed by atoms with Gasteiger partial charge in [0.2, 0.25) is 0 Å². The number of nitrogens with zero attached hydrogens (tertiary/aromatic N) is 2. The summed E-state index contributed by atoms with van der Waals surface area (Å²) >= 11 is 0.